The van der Waals surface area contributed by atoms with Crippen LogP contribution in [0.15, 0.2) is 51.7 Å². The second-order valence-electron chi connectivity index (χ2n) is 6.88. The molecule has 0 amide bonds. The molecule has 0 aliphatic carbocycles. The average molecular weight is 367 g/mol. The normalized spacial score (nSPS) is 21.7. The summed E-state index contributed by atoms with van der Waals surface area (Å²) in [5.74, 6) is -0.544. The fourth-order valence-electron chi connectivity index (χ4n) is 3.68. The molecule has 3 aromatic rings. The maximum absolute atomic E-state index is 12.3. The lowest BCUT2D eigenvalue weighted by Gasteiger charge is -2.32. The largest absolute Gasteiger partial charge is 0.480 e. The molecule has 0 spiro atoms. The van der Waals surface area contributed by atoms with Gasteiger partial charge in [-0.1, -0.05) is 24.3 Å². The summed E-state index contributed by atoms with van der Waals surface area (Å²) in [6.45, 7) is -0.189. The van der Waals surface area contributed by atoms with Crippen LogP contribution >= 0.6 is 0 Å². The second-order valence-corrected chi connectivity index (χ2v) is 6.88. The highest BCUT2D eigenvalue weighted by Crippen LogP contribution is 2.35. The van der Waals surface area contributed by atoms with Gasteiger partial charge < -0.3 is 14.4 Å². The topological polar surface area (TPSA) is 83.6 Å². The fraction of sp³-hybridized carbons (Fsp3) is 0.286. The molecule has 1 N–H and O–H groups in total. The van der Waals surface area contributed by atoms with E-state index >= 15 is 0 Å². The van der Waals surface area contributed by atoms with E-state index in [-0.39, 0.29) is 11.3 Å². The van der Waals surface area contributed by atoms with Crippen LogP contribution in [0.25, 0.3) is 22.2 Å². The molecule has 27 heavy (non-hydrogen) atoms. The summed E-state index contributed by atoms with van der Waals surface area (Å²) in [6.07, 6.45) is 1.19. The lowest BCUT2D eigenvalue weighted by atomic mass is 9.98. The smallest absolute Gasteiger partial charge is 0.338 e. The molecule has 0 saturated carbocycles. The van der Waals surface area contributed by atoms with Crippen molar-refractivity contribution in [1.82, 2.24) is 4.98 Å². The molecule has 4 rings (SSSR count). The van der Waals surface area contributed by atoms with Crippen molar-refractivity contribution in [2.24, 2.45) is 0 Å². The Hall–Kier alpha value is -3.15. The Morgan fingerprint density at radius 2 is 2.11 bits per heavy atom. The zero-order valence-electron chi connectivity index (χ0n) is 17.7. The Kier molecular flexibility index (Phi) is 3.22. The zero-order chi connectivity index (χ0) is 21.7. The van der Waals surface area contributed by atoms with E-state index in [0.717, 1.165) is 0 Å². The van der Waals surface area contributed by atoms with Crippen molar-refractivity contribution >= 4 is 22.9 Å². The maximum Gasteiger partial charge on any atom is 0.338 e. The quantitative estimate of drug-likeness (QED) is 0.761. The van der Waals surface area contributed by atoms with Gasteiger partial charge in [0.2, 0.25) is 5.71 Å². The molecule has 3 heterocycles. The van der Waals surface area contributed by atoms with Crippen molar-refractivity contribution in [1.29, 1.82) is 0 Å². The van der Waals surface area contributed by atoms with Crippen LogP contribution in [0.5, 0.6) is 0 Å². The number of benzene rings is 1. The molecule has 0 unspecified atom stereocenters. The van der Waals surface area contributed by atoms with Crippen molar-refractivity contribution in [2.75, 3.05) is 11.4 Å². The summed E-state index contributed by atoms with van der Waals surface area (Å²) < 4.78 is 28.7. The van der Waals surface area contributed by atoms with Gasteiger partial charge in [0.1, 0.15) is 11.4 Å². The molecule has 138 valence electrons. The van der Waals surface area contributed by atoms with Gasteiger partial charge in [0, 0.05) is 27.7 Å². The lowest BCUT2D eigenvalue weighted by Crippen LogP contribution is -2.48. The number of aromatic nitrogens is 1. The monoisotopic (exact) mass is 367 g/mol. The van der Waals surface area contributed by atoms with Crippen molar-refractivity contribution < 1.29 is 18.4 Å². The maximum atomic E-state index is 12.3. The minimum atomic E-state index is -2.36. The third-order valence-corrected chi connectivity index (χ3v) is 5.19. The third kappa shape index (κ3) is 2.77. The Bertz CT molecular complexity index is 1200. The number of carboxylic acids is 1. The van der Waals surface area contributed by atoms with E-state index in [2.05, 4.69) is 4.98 Å². The van der Waals surface area contributed by atoms with Crippen LogP contribution in [0.4, 0.5) is 5.82 Å². The summed E-state index contributed by atoms with van der Waals surface area (Å²) in [4.78, 5) is 30.2. The van der Waals surface area contributed by atoms with E-state index in [0.29, 0.717) is 41.7 Å². The van der Waals surface area contributed by atoms with Crippen LogP contribution in [0.1, 0.15) is 29.4 Å². The van der Waals surface area contributed by atoms with Gasteiger partial charge in [0.05, 0.1) is 0 Å². The highest BCUT2D eigenvalue weighted by Gasteiger charge is 2.44. The number of anilines is 1. The number of carboxylic acid groups (broad SMARTS) is 1. The first kappa shape index (κ1) is 14.0. The van der Waals surface area contributed by atoms with Gasteiger partial charge in [-0.2, -0.15) is 4.98 Å². The number of rotatable bonds is 3. The third-order valence-electron chi connectivity index (χ3n) is 5.19. The van der Waals surface area contributed by atoms with Gasteiger partial charge in [0.25, 0.3) is 0 Å². The molecule has 1 atom stereocenters. The van der Waals surface area contributed by atoms with Crippen LogP contribution in [-0.2, 0) is 4.79 Å². The number of aliphatic carboxylic acids is 1. The van der Waals surface area contributed by atoms with Gasteiger partial charge >= 0.3 is 11.6 Å². The van der Waals surface area contributed by atoms with E-state index < -0.39 is 24.0 Å². The highest BCUT2D eigenvalue weighted by atomic mass is 16.4. The number of fused-ring (bicyclic) bond motifs is 1. The van der Waals surface area contributed by atoms with Crippen LogP contribution in [0.2, 0.25) is 0 Å². The molecule has 1 aromatic carbocycles. The number of hydrogen-bond donors (Lipinski definition) is 1. The van der Waals surface area contributed by atoms with Gasteiger partial charge in [-0.05, 0) is 49.9 Å². The Morgan fingerprint density at radius 3 is 2.89 bits per heavy atom. The first-order valence-electron chi connectivity index (χ1n) is 10.2. The summed E-state index contributed by atoms with van der Waals surface area (Å²) in [5, 5.41) is 10.1. The summed E-state index contributed by atoms with van der Waals surface area (Å²) in [5.41, 5.74) is -0.776. The molecule has 6 nitrogen and oxygen atoms in total. The van der Waals surface area contributed by atoms with Crippen LogP contribution in [0.3, 0.4) is 0 Å². The number of nitrogens with zero attached hydrogens (tertiary/aromatic N) is 2. The van der Waals surface area contributed by atoms with E-state index in [9.17, 15) is 14.7 Å². The summed E-state index contributed by atoms with van der Waals surface area (Å²) in [7, 11) is 0. The second kappa shape index (κ2) is 6.23. The molecule has 1 aliphatic heterocycles. The molecule has 1 aliphatic rings. The van der Waals surface area contributed by atoms with Crippen LogP contribution in [-0.4, -0.2) is 28.1 Å². The molecular formula is C21H20N2O4. The van der Waals surface area contributed by atoms with Gasteiger partial charge in [0.15, 0.2) is 0 Å². The molecular weight excluding hydrogens is 344 g/mol. The first-order valence-corrected chi connectivity index (χ1v) is 8.67. The van der Waals surface area contributed by atoms with Gasteiger partial charge in [-0.25, -0.2) is 9.59 Å². The Balaban J connectivity index is 1.91. The summed E-state index contributed by atoms with van der Waals surface area (Å²) in [6, 6.07) is 11.1. The molecule has 2 aromatic heterocycles. The molecule has 1 fully saturated rings. The predicted octanol–water partition coefficient (Wildman–Crippen LogP) is 3.61. The average Bonchev–Trinajstić information content (AvgIpc) is 3.09. The lowest BCUT2D eigenvalue weighted by molar-refractivity contribution is -0.142. The van der Waals surface area contributed by atoms with Crippen molar-refractivity contribution in [2.45, 2.75) is 32.2 Å². The Morgan fingerprint density at radius 1 is 1.30 bits per heavy atom. The van der Waals surface area contributed by atoms with E-state index in [1.807, 2.05) is 0 Å². The van der Waals surface area contributed by atoms with Crippen molar-refractivity contribution in [3.8, 4) is 11.1 Å². The minimum Gasteiger partial charge on any atom is -0.480 e. The van der Waals surface area contributed by atoms with Gasteiger partial charge in [-0.3, -0.25) is 0 Å². The first-order chi connectivity index (χ1) is 14.1. The molecule has 1 saturated heterocycles. The Labute approximate surface area is 160 Å². The molecule has 0 radical (unpaired) electrons. The minimum absolute atomic E-state index is 0.0370. The molecule has 0 bridgehead atoms. The predicted molar refractivity (Wildman–Crippen MR) is 103 cm³/mol. The number of aryl methyl sites for hydroxylation is 1. The van der Waals surface area contributed by atoms with Crippen molar-refractivity contribution in [3.63, 3.8) is 0 Å². The summed E-state index contributed by atoms with van der Waals surface area (Å²) >= 11 is 0. The number of pyridine rings is 1. The van der Waals surface area contributed by atoms with E-state index in [1.165, 1.54) is 12.1 Å². The van der Waals surface area contributed by atoms with Gasteiger partial charge in [-0.15, -0.1) is 0 Å². The van der Waals surface area contributed by atoms with Crippen LogP contribution < -0.4 is 10.5 Å². The standard InChI is InChI=1S/C21H20N2O4/c1-13-6-3-4-7-14(13)16-12-18(24)27-19-15(16)8-9-17(22-19)23-11-5-10-21(23,2)20(25)26/h3-4,6-9,12H,5,10-11H2,1-2H3,(H,25,26)/t21-/m1/s1/i1D3. The fourth-order valence-corrected chi connectivity index (χ4v) is 3.68. The van der Waals surface area contributed by atoms with Crippen molar-refractivity contribution in [3.05, 3.63) is 58.4 Å². The molecule has 6 heteroatoms. The number of hydrogen-bond acceptors (Lipinski definition) is 5. The van der Waals surface area contributed by atoms with Crippen LogP contribution in [0, 0.1) is 6.85 Å². The van der Waals surface area contributed by atoms with E-state index in [1.54, 1.807) is 42.2 Å². The SMILES string of the molecule is [2H]C([2H])([2H])c1ccccc1-c1cc(=O)oc2nc(N3CCC[C@]3(C)C(=O)O)ccc12. The number of carbonyl (C=O) groups is 1. The van der Waals surface area contributed by atoms with E-state index in [4.69, 9.17) is 8.53 Å². The highest BCUT2D eigenvalue weighted by molar-refractivity contribution is 5.93. The zero-order valence-corrected chi connectivity index (χ0v) is 14.7.